The van der Waals surface area contributed by atoms with E-state index in [1.54, 1.807) is 30.3 Å². The molecule has 1 heterocycles. The van der Waals surface area contributed by atoms with Crippen molar-refractivity contribution in [1.82, 2.24) is 0 Å². The minimum absolute atomic E-state index is 0.0153. The van der Waals surface area contributed by atoms with Gasteiger partial charge in [0.05, 0.1) is 13.2 Å². The number of carbonyl (C=O) groups excluding carboxylic acids is 2. The van der Waals surface area contributed by atoms with Crippen molar-refractivity contribution in [1.29, 1.82) is 0 Å². The standard InChI is InChI=1S/C20H23N3O3/c1-15-3-2-4-16(13-15)20(25)22-18-7-5-17(6-8-18)21-19(24)14-23-9-11-26-12-10-23/h2-8,13H,9-12,14H2,1H3,(H,21,24)(H,22,25)/p+1. The maximum atomic E-state index is 12.3. The largest absolute Gasteiger partial charge is 0.370 e. The molecule has 2 amide bonds. The van der Waals surface area contributed by atoms with Gasteiger partial charge in [-0.1, -0.05) is 17.7 Å². The zero-order valence-electron chi connectivity index (χ0n) is 14.9. The number of carbonyl (C=O) groups is 2. The van der Waals surface area contributed by atoms with Crippen molar-refractivity contribution >= 4 is 23.2 Å². The van der Waals surface area contributed by atoms with E-state index >= 15 is 0 Å². The highest BCUT2D eigenvalue weighted by Crippen LogP contribution is 2.15. The molecule has 0 aromatic heterocycles. The van der Waals surface area contributed by atoms with Gasteiger partial charge in [-0.05, 0) is 43.3 Å². The van der Waals surface area contributed by atoms with Crippen LogP contribution in [0.2, 0.25) is 0 Å². The summed E-state index contributed by atoms with van der Waals surface area (Å²) in [5, 5.41) is 5.76. The SMILES string of the molecule is Cc1cccc(C(=O)Nc2ccc(NC(=O)C[NH+]3CCOCC3)cc2)c1. The van der Waals surface area contributed by atoms with E-state index in [0.29, 0.717) is 31.0 Å². The number of hydrogen-bond donors (Lipinski definition) is 3. The molecular weight excluding hydrogens is 330 g/mol. The van der Waals surface area contributed by atoms with Gasteiger partial charge in [0.15, 0.2) is 6.54 Å². The number of morpholine rings is 1. The van der Waals surface area contributed by atoms with Gasteiger partial charge in [-0.2, -0.15) is 0 Å². The fourth-order valence-corrected chi connectivity index (χ4v) is 2.90. The Morgan fingerprint density at radius 3 is 2.31 bits per heavy atom. The maximum Gasteiger partial charge on any atom is 0.279 e. The molecule has 136 valence electrons. The molecule has 6 nitrogen and oxygen atoms in total. The Balaban J connectivity index is 1.53. The van der Waals surface area contributed by atoms with E-state index < -0.39 is 0 Å². The van der Waals surface area contributed by atoms with E-state index in [9.17, 15) is 9.59 Å². The first-order valence-electron chi connectivity index (χ1n) is 8.79. The molecule has 0 spiro atoms. The lowest BCUT2D eigenvalue weighted by Crippen LogP contribution is -3.15. The summed E-state index contributed by atoms with van der Waals surface area (Å²) < 4.78 is 5.30. The fourth-order valence-electron chi connectivity index (χ4n) is 2.90. The average molecular weight is 354 g/mol. The van der Waals surface area contributed by atoms with E-state index in [-0.39, 0.29) is 11.8 Å². The minimum Gasteiger partial charge on any atom is -0.370 e. The van der Waals surface area contributed by atoms with Gasteiger partial charge in [-0.25, -0.2) is 0 Å². The highest BCUT2D eigenvalue weighted by Gasteiger charge is 2.17. The van der Waals surface area contributed by atoms with Crippen molar-refractivity contribution in [3.8, 4) is 0 Å². The Morgan fingerprint density at radius 1 is 1.00 bits per heavy atom. The smallest absolute Gasteiger partial charge is 0.279 e. The van der Waals surface area contributed by atoms with Crippen LogP contribution in [0.1, 0.15) is 15.9 Å². The van der Waals surface area contributed by atoms with Gasteiger partial charge >= 0.3 is 0 Å². The normalized spacial score (nSPS) is 14.7. The van der Waals surface area contributed by atoms with E-state index in [4.69, 9.17) is 4.74 Å². The fraction of sp³-hybridized carbons (Fsp3) is 0.300. The van der Waals surface area contributed by atoms with Crippen LogP contribution in [-0.2, 0) is 9.53 Å². The van der Waals surface area contributed by atoms with Crippen LogP contribution < -0.4 is 15.5 Å². The lowest BCUT2D eigenvalue weighted by Gasteiger charge is -2.23. The summed E-state index contributed by atoms with van der Waals surface area (Å²) in [6.07, 6.45) is 0. The van der Waals surface area contributed by atoms with Gasteiger partial charge < -0.3 is 20.3 Å². The molecule has 0 unspecified atom stereocenters. The van der Waals surface area contributed by atoms with Crippen molar-refractivity contribution < 1.29 is 19.2 Å². The topological polar surface area (TPSA) is 71.9 Å². The second-order valence-corrected chi connectivity index (χ2v) is 6.49. The number of rotatable bonds is 5. The molecule has 1 aliphatic heterocycles. The molecule has 2 aromatic carbocycles. The van der Waals surface area contributed by atoms with Crippen molar-refractivity contribution in [3.05, 3.63) is 59.7 Å². The second kappa shape index (κ2) is 8.60. The summed E-state index contributed by atoms with van der Waals surface area (Å²) in [4.78, 5) is 25.6. The number of hydrogen-bond acceptors (Lipinski definition) is 3. The molecular formula is C20H24N3O3+. The van der Waals surface area contributed by atoms with E-state index in [1.807, 2.05) is 25.1 Å². The number of nitrogens with one attached hydrogen (secondary N) is 3. The molecule has 0 aliphatic carbocycles. The second-order valence-electron chi connectivity index (χ2n) is 6.49. The Kier molecular flexibility index (Phi) is 5.99. The molecule has 0 radical (unpaired) electrons. The van der Waals surface area contributed by atoms with Crippen LogP contribution in [0.3, 0.4) is 0 Å². The molecule has 1 aliphatic rings. The Bertz CT molecular complexity index is 768. The van der Waals surface area contributed by atoms with Crippen molar-refractivity contribution in [3.63, 3.8) is 0 Å². The highest BCUT2D eigenvalue weighted by molar-refractivity contribution is 6.04. The molecule has 0 bridgehead atoms. The molecule has 3 rings (SSSR count). The lowest BCUT2D eigenvalue weighted by molar-refractivity contribution is -0.899. The van der Waals surface area contributed by atoms with Gasteiger partial charge in [0.25, 0.3) is 11.8 Å². The van der Waals surface area contributed by atoms with Gasteiger partial charge in [0.2, 0.25) is 0 Å². The van der Waals surface area contributed by atoms with Gasteiger partial charge in [0, 0.05) is 16.9 Å². The molecule has 6 heteroatoms. The summed E-state index contributed by atoms with van der Waals surface area (Å²) in [6, 6.07) is 14.6. The van der Waals surface area contributed by atoms with E-state index in [1.165, 1.54) is 4.90 Å². The number of ether oxygens (including phenoxy) is 1. The third-order valence-electron chi connectivity index (χ3n) is 4.32. The zero-order chi connectivity index (χ0) is 18.4. The number of anilines is 2. The minimum atomic E-state index is -0.151. The first-order chi connectivity index (χ1) is 12.6. The molecule has 0 saturated carbocycles. The summed E-state index contributed by atoms with van der Waals surface area (Å²) >= 11 is 0. The van der Waals surface area contributed by atoms with Crippen LogP contribution in [0.4, 0.5) is 11.4 Å². The molecule has 0 atom stereocenters. The monoisotopic (exact) mass is 354 g/mol. The number of quaternary nitrogens is 1. The average Bonchev–Trinajstić information content (AvgIpc) is 2.64. The van der Waals surface area contributed by atoms with Crippen LogP contribution >= 0.6 is 0 Å². The van der Waals surface area contributed by atoms with E-state index in [0.717, 1.165) is 24.3 Å². The zero-order valence-corrected chi connectivity index (χ0v) is 14.9. The van der Waals surface area contributed by atoms with Crippen molar-refractivity contribution in [2.45, 2.75) is 6.92 Å². The van der Waals surface area contributed by atoms with Crippen LogP contribution in [0, 0.1) is 6.92 Å². The maximum absolute atomic E-state index is 12.3. The first-order valence-corrected chi connectivity index (χ1v) is 8.79. The van der Waals surface area contributed by atoms with Gasteiger partial charge in [-0.15, -0.1) is 0 Å². The highest BCUT2D eigenvalue weighted by atomic mass is 16.5. The summed E-state index contributed by atoms with van der Waals surface area (Å²) in [7, 11) is 0. The van der Waals surface area contributed by atoms with Gasteiger partial charge in [0.1, 0.15) is 13.1 Å². The predicted molar refractivity (Wildman–Crippen MR) is 101 cm³/mol. The van der Waals surface area contributed by atoms with E-state index in [2.05, 4.69) is 10.6 Å². The van der Waals surface area contributed by atoms with Crippen LogP contribution in [0.15, 0.2) is 48.5 Å². The Hall–Kier alpha value is -2.70. The third kappa shape index (κ3) is 5.15. The summed E-state index contributed by atoms with van der Waals surface area (Å²) in [5.74, 6) is -0.167. The molecule has 1 saturated heterocycles. The Labute approximate surface area is 153 Å². The number of amides is 2. The number of benzene rings is 2. The van der Waals surface area contributed by atoms with Crippen molar-refractivity contribution in [2.75, 3.05) is 43.5 Å². The first kappa shape index (κ1) is 18.1. The lowest BCUT2D eigenvalue weighted by atomic mass is 10.1. The predicted octanol–water partition coefficient (Wildman–Crippen LogP) is 1.10. The van der Waals surface area contributed by atoms with Crippen LogP contribution in [0.5, 0.6) is 0 Å². The quantitative estimate of drug-likeness (QED) is 0.753. The number of aryl methyl sites for hydroxylation is 1. The molecule has 2 aromatic rings. The van der Waals surface area contributed by atoms with Crippen LogP contribution in [0.25, 0.3) is 0 Å². The summed E-state index contributed by atoms with van der Waals surface area (Å²) in [6.45, 7) is 5.52. The van der Waals surface area contributed by atoms with Gasteiger partial charge in [-0.3, -0.25) is 9.59 Å². The molecule has 3 N–H and O–H groups in total. The molecule has 1 fully saturated rings. The Morgan fingerprint density at radius 2 is 1.65 bits per heavy atom. The van der Waals surface area contributed by atoms with Crippen molar-refractivity contribution in [2.24, 2.45) is 0 Å². The van der Waals surface area contributed by atoms with Crippen LogP contribution in [-0.4, -0.2) is 44.7 Å². The third-order valence-corrected chi connectivity index (χ3v) is 4.32. The summed E-state index contributed by atoms with van der Waals surface area (Å²) in [5.41, 5.74) is 3.07. The molecule has 26 heavy (non-hydrogen) atoms.